The molecule has 7 heteroatoms. The number of primary amides is 1. The zero-order valence-electron chi connectivity index (χ0n) is 12.8. The van der Waals surface area contributed by atoms with Crippen molar-refractivity contribution in [1.82, 2.24) is 9.97 Å². The van der Waals surface area contributed by atoms with Crippen LogP contribution >= 0.6 is 11.3 Å². The first kappa shape index (κ1) is 15.8. The number of nitrogens with zero attached hydrogens (tertiary/aromatic N) is 2. The lowest BCUT2D eigenvalue weighted by Gasteiger charge is -2.08. The Morgan fingerprint density at radius 2 is 2.08 bits per heavy atom. The number of aryl methyl sites for hydroxylation is 1. The van der Waals surface area contributed by atoms with Crippen molar-refractivity contribution in [3.8, 4) is 10.6 Å². The molecule has 0 aliphatic carbocycles. The van der Waals surface area contributed by atoms with Gasteiger partial charge in [0.1, 0.15) is 10.7 Å². The molecule has 0 spiro atoms. The Morgan fingerprint density at radius 1 is 1.25 bits per heavy atom. The molecule has 3 rings (SSSR count). The zero-order valence-corrected chi connectivity index (χ0v) is 13.6. The van der Waals surface area contributed by atoms with Crippen LogP contribution in [0.25, 0.3) is 10.6 Å². The molecule has 0 bridgehead atoms. The van der Waals surface area contributed by atoms with Crippen LogP contribution in [-0.2, 0) is 0 Å². The van der Waals surface area contributed by atoms with Crippen molar-refractivity contribution >= 4 is 28.8 Å². The quantitative estimate of drug-likeness (QED) is 0.764. The number of pyridine rings is 1. The number of hydrogen-bond acceptors (Lipinski definition) is 5. The third-order valence-corrected chi connectivity index (χ3v) is 4.23. The van der Waals surface area contributed by atoms with Crippen LogP contribution in [-0.4, -0.2) is 21.8 Å². The fourth-order valence-electron chi connectivity index (χ4n) is 2.16. The Bertz CT molecular complexity index is 906. The number of aromatic nitrogens is 2. The van der Waals surface area contributed by atoms with Gasteiger partial charge < -0.3 is 11.1 Å². The average Bonchev–Trinajstić information content (AvgIpc) is 3.05. The standard InChI is InChI=1S/C17H14N4O2S/c1-10-4-5-12(15(18)22)13(7-10)20-16(23)14-9-24-17(21-14)11-3-2-6-19-8-11/h2-9H,1H3,(H2,18,22)(H,20,23). The van der Waals surface area contributed by atoms with E-state index in [1.165, 1.54) is 11.3 Å². The van der Waals surface area contributed by atoms with Crippen LogP contribution in [0, 0.1) is 6.92 Å². The maximum Gasteiger partial charge on any atom is 0.275 e. The Hall–Kier alpha value is -3.06. The number of carbonyl (C=O) groups is 2. The van der Waals surface area contributed by atoms with Gasteiger partial charge in [-0.2, -0.15) is 0 Å². The van der Waals surface area contributed by atoms with Gasteiger partial charge in [0, 0.05) is 23.3 Å². The highest BCUT2D eigenvalue weighted by Gasteiger charge is 2.15. The Kier molecular flexibility index (Phi) is 4.35. The second-order valence-electron chi connectivity index (χ2n) is 5.15. The minimum Gasteiger partial charge on any atom is -0.366 e. The van der Waals surface area contributed by atoms with Gasteiger partial charge in [-0.15, -0.1) is 11.3 Å². The molecule has 24 heavy (non-hydrogen) atoms. The largest absolute Gasteiger partial charge is 0.366 e. The van der Waals surface area contributed by atoms with Crippen molar-refractivity contribution in [2.45, 2.75) is 6.92 Å². The van der Waals surface area contributed by atoms with E-state index in [1.807, 2.05) is 19.1 Å². The monoisotopic (exact) mass is 338 g/mol. The maximum atomic E-state index is 12.4. The first-order valence-corrected chi connectivity index (χ1v) is 8.00. The van der Waals surface area contributed by atoms with Crippen LogP contribution in [0.2, 0.25) is 0 Å². The minimum atomic E-state index is -0.598. The summed E-state index contributed by atoms with van der Waals surface area (Å²) in [6.45, 7) is 1.86. The van der Waals surface area contributed by atoms with Gasteiger partial charge in [-0.05, 0) is 36.8 Å². The Labute approximate surface area is 142 Å². The number of nitrogens with one attached hydrogen (secondary N) is 1. The summed E-state index contributed by atoms with van der Waals surface area (Å²) < 4.78 is 0. The van der Waals surface area contributed by atoms with Crippen molar-refractivity contribution < 1.29 is 9.59 Å². The van der Waals surface area contributed by atoms with Crippen molar-refractivity contribution in [2.75, 3.05) is 5.32 Å². The zero-order chi connectivity index (χ0) is 17.1. The molecule has 2 heterocycles. The molecule has 3 aromatic rings. The van der Waals surface area contributed by atoms with E-state index in [0.29, 0.717) is 10.7 Å². The van der Waals surface area contributed by atoms with Gasteiger partial charge in [-0.1, -0.05) is 6.07 Å². The molecule has 2 aromatic heterocycles. The van der Waals surface area contributed by atoms with E-state index in [9.17, 15) is 9.59 Å². The molecule has 0 radical (unpaired) electrons. The smallest absolute Gasteiger partial charge is 0.275 e. The highest BCUT2D eigenvalue weighted by atomic mass is 32.1. The lowest BCUT2D eigenvalue weighted by Crippen LogP contribution is -2.18. The number of hydrogen-bond donors (Lipinski definition) is 2. The Morgan fingerprint density at radius 3 is 2.79 bits per heavy atom. The van der Waals surface area contributed by atoms with Crippen LogP contribution in [0.5, 0.6) is 0 Å². The van der Waals surface area contributed by atoms with E-state index < -0.39 is 11.8 Å². The number of amides is 2. The van der Waals surface area contributed by atoms with Crippen LogP contribution in [0.1, 0.15) is 26.4 Å². The summed E-state index contributed by atoms with van der Waals surface area (Å²) in [4.78, 5) is 32.3. The summed E-state index contributed by atoms with van der Waals surface area (Å²) in [5.41, 5.74) is 8.01. The van der Waals surface area contributed by atoms with Crippen LogP contribution in [0.4, 0.5) is 5.69 Å². The molecular formula is C17H14N4O2S. The van der Waals surface area contributed by atoms with Crippen LogP contribution < -0.4 is 11.1 Å². The summed E-state index contributed by atoms with van der Waals surface area (Å²) in [5.74, 6) is -0.992. The first-order valence-electron chi connectivity index (χ1n) is 7.12. The molecule has 120 valence electrons. The Balaban J connectivity index is 1.85. The number of nitrogens with two attached hydrogens (primary N) is 1. The molecule has 2 amide bonds. The highest BCUT2D eigenvalue weighted by Crippen LogP contribution is 2.24. The molecule has 0 aliphatic heterocycles. The number of anilines is 1. The predicted octanol–water partition coefficient (Wildman–Crippen LogP) is 2.86. The number of rotatable bonds is 4. The van der Waals surface area contributed by atoms with Crippen LogP contribution in [0.15, 0.2) is 48.1 Å². The molecule has 0 saturated carbocycles. The fourth-order valence-corrected chi connectivity index (χ4v) is 2.95. The SMILES string of the molecule is Cc1ccc(C(N)=O)c(NC(=O)c2csc(-c3cccnc3)n2)c1. The number of thiazole rings is 1. The third kappa shape index (κ3) is 3.31. The molecule has 0 fully saturated rings. The minimum absolute atomic E-state index is 0.261. The predicted molar refractivity (Wildman–Crippen MR) is 93.0 cm³/mol. The van der Waals surface area contributed by atoms with Crippen molar-refractivity contribution in [3.05, 3.63) is 64.9 Å². The van der Waals surface area contributed by atoms with E-state index in [4.69, 9.17) is 5.73 Å². The third-order valence-electron chi connectivity index (χ3n) is 3.33. The van der Waals surface area contributed by atoms with E-state index in [0.717, 1.165) is 11.1 Å². The summed E-state index contributed by atoms with van der Waals surface area (Å²) in [6, 6.07) is 8.74. The van der Waals surface area contributed by atoms with Gasteiger partial charge in [0.2, 0.25) is 0 Å². The topological polar surface area (TPSA) is 98.0 Å². The lowest BCUT2D eigenvalue weighted by atomic mass is 10.1. The molecule has 0 saturated heterocycles. The number of benzene rings is 1. The first-order chi connectivity index (χ1) is 11.5. The van der Waals surface area contributed by atoms with Crippen LogP contribution in [0.3, 0.4) is 0 Å². The van der Waals surface area contributed by atoms with Crippen molar-refractivity contribution in [3.63, 3.8) is 0 Å². The summed E-state index contributed by atoms with van der Waals surface area (Å²) in [7, 11) is 0. The lowest BCUT2D eigenvalue weighted by molar-refractivity contribution is 0.100. The normalized spacial score (nSPS) is 10.4. The van der Waals surface area contributed by atoms with Crippen molar-refractivity contribution in [2.24, 2.45) is 5.73 Å². The van der Waals surface area contributed by atoms with Gasteiger partial charge in [-0.25, -0.2) is 4.98 Å². The summed E-state index contributed by atoms with van der Waals surface area (Å²) in [5, 5.41) is 5.07. The second-order valence-corrected chi connectivity index (χ2v) is 6.01. The summed E-state index contributed by atoms with van der Waals surface area (Å²) in [6.07, 6.45) is 3.36. The molecule has 6 nitrogen and oxygen atoms in total. The molecule has 0 aliphatic rings. The van der Waals surface area contributed by atoms with Gasteiger partial charge >= 0.3 is 0 Å². The number of carbonyl (C=O) groups excluding carboxylic acids is 2. The van der Waals surface area contributed by atoms with Gasteiger partial charge in [0.15, 0.2) is 0 Å². The average molecular weight is 338 g/mol. The highest BCUT2D eigenvalue weighted by molar-refractivity contribution is 7.13. The van der Waals surface area contributed by atoms with E-state index in [-0.39, 0.29) is 11.3 Å². The molecule has 1 aromatic carbocycles. The summed E-state index contributed by atoms with van der Waals surface area (Å²) >= 11 is 1.35. The van der Waals surface area contributed by atoms with Gasteiger partial charge in [0.05, 0.1) is 11.3 Å². The molecule has 0 atom stereocenters. The van der Waals surface area contributed by atoms with Gasteiger partial charge in [-0.3, -0.25) is 14.6 Å². The molecular weight excluding hydrogens is 324 g/mol. The van der Waals surface area contributed by atoms with E-state index in [2.05, 4.69) is 15.3 Å². The van der Waals surface area contributed by atoms with E-state index in [1.54, 1.807) is 36.0 Å². The maximum absolute atomic E-state index is 12.4. The fraction of sp³-hybridized carbons (Fsp3) is 0.0588. The second kappa shape index (κ2) is 6.59. The van der Waals surface area contributed by atoms with Gasteiger partial charge in [0.25, 0.3) is 11.8 Å². The molecule has 0 unspecified atom stereocenters. The van der Waals surface area contributed by atoms with E-state index >= 15 is 0 Å². The molecule has 3 N–H and O–H groups in total. The van der Waals surface area contributed by atoms with Crippen molar-refractivity contribution in [1.29, 1.82) is 0 Å².